The standard InChI is InChI=1S/C12H17S.CHF3O3S/c1-13-10-6-5-9-12(13)11-7-3-2-4-8-11;2-1(3,4)8(5,6)7/h2-4,7-8,12H,5-6,9-10H2,1H3;(H,5,6,7)/q+1;/p-1. The Morgan fingerprint density at radius 1 is 1.19 bits per heavy atom. The van der Waals surface area contributed by atoms with Gasteiger partial charge in [0.05, 0.1) is 6.26 Å². The van der Waals surface area contributed by atoms with Crippen LogP contribution in [0.25, 0.3) is 0 Å². The highest BCUT2D eigenvalue weighted by atomic mass is 32.2. The van der Waals surface area contributed by atoms with Gasteiger partial charge in [0.15, 0.2) is 10.1 Å². The molecule has 8 heteroatoms. The molecule has 21 heavy (non-hydrogen) atoms. The van der Waals surface area contributed by atoms with Crippen LogP contribution in [0.4, 0.5) is 13.2 Å². The van der Waals surface area contributed by atoms with E-state index in [9.17, 15) is 13.2 Å². The van der Waals surface area contributed by atoms with Crippen LogP contribution in [-0.2, 0) is 21.0 Å². The van der Waals surface area contributed by atoms with Crippen LogP contribution < -0.4 is 0 Å². The molecule has 0 N–H and O–H groups in total. The normalized spacial score (nSPS) is 23.1. The third kappa shape index (κ3) is 5.88. The average molecular weight is 342 g/mol. The minimum absolute atomic E-state index is 0.621. The Balaban J connectivity index is 0.000000240. The fraction of sp³-hybridized carbons (Fsp3) is 0.538. The molecule has 1 aromatic rings. The molecule has 2 rings (SSSR count). The van der Waals surface area contributed by atoms with Gasteiger partial charge in [0.1, 0.15) is 11.0 Å². The van der Waals surface area contributed by atoms with Crippen LogP contribution in [0.15, 0.2) is 30.3 Å². The zero-order valence-electron chi connectivity index (χ0n) is 11.5. The molecule has 2 atom stereocenters. The van der Waals surface area contributed by atoms with Crippen LogP contribution in [0.5, 0.6) is 0 Å². The molecule has 3 nitrogen and oxygen atoms in total. The molecular formula is C13H17F3O3S2. The van der Waals surface area contributed by atoms with Gasteiger partial charge in [-0.1, -0.05) is 30.3 Å². The molecule has 0 spiro atoms. The van der Waals surface area contributed by atoms with E-state index >= 15 is 0 Å². The van der Waals surface area contributed by atoms with Gasteiger partial charge in [0.25, 0.3) is 0 Å². The second-order valence-corrected chi connectivity index (χ2v) is 8.42. The molecule has 2 unspecified atom stereocenters. The predicted octanol–water partition coefficient (Wildman–Crippen LogP) is 3.21. The molecule has 1 heterocycles. The molecule has 120 valence electrons. The fourth-order valence-corrected chi connectivity index (χ4v) is 4.20. The van der Waals surface area contributed by atoms with Crippen LogP contribution >= 0.6 is 0 Å². The van der Waals surface area contributed by atoms with E-state index in [1.54, 1.807) is 5.56 Å². The zero-order chi connectivity index (χ0) is 16.1. The molecule has 1 fully saturated rings. The monoisotopic (exact) mass is 342 g/mol. The first-order chi connectivity index (χ1) is 9.63. The Hall–Kier alpha value is -0.730. The Kier molecular flexibility index (Phi) is 6.55. The van der Waals surface area contributed by atoms with Crippen molar-refractivity contribution in [3.63, 3.8) is 0 Å². The maximum atomic E-state index is 10.7. The zero-order valence-corrected chi connectivity index (χ0v) is 13.1. The Labute approximate surface area is 125 Å². The SMILES string of the molecule is C[S+]1CCCCC1c1ccccc1.O=S(=O)([O-])C(F)(F)F. The summed E-state index contributed by atoms with van der Waals surface area (Å²) in [6.07, 6.45) is 6.71. The van der Waals surface area contributed by atoms with E-state index in [0.717, 1.165) is 5.25 Å². The average Bonchev–Trinajstić information content (AvgIpc) is 2.39. The van der Waals surface area contributed by atoms with Crippen molar-refractivity contribution in [2.24, 2.45) is 0 Å². The van der Waals surface area contributed by atoms with Gasteiger partial charge >= 0.3 is 5.51 Å². The minimum atomic E-state index is -6.09. The van der Waals surface area contributed by atoms with Gasteiger partial charge < -0.3 is 4.55 Å². The van der Waals surface area contributed by atoms with E-state index in [0.29, 0.717) is 10.9 Å². The van der Waals surface area contributed by atoms with Gasteiger partial charge in [-0.05, 0) is 30.2 Å². The van der Waals surface area contributed by atoms with Crippen molar-refractivity contribution >= 4 is 21.0 Å². The molecule has 0 bridgehead atoms. The van der Waals surface area contributed by atoms with Gasteiger partial charge in [0, 0.05) is 5.56 Å². The first-order valence-electron chi connectivity index (χ1n) is 6.31. The molecule has 1 aliphatic heterocycles. The van der Waals surface area contributed by atoms with Crippen molar-refractivity contribution in [3.05, 3.63) is 35.9 Å². The second kappa shape index (κ2) is 7.51. The lowest BCUT2D eigenvalue weighted by Crippen LogP contribution is -2.21. The maximum Gasteiger partial charge on any atom is 0.485 e. The molecule has 1 saturated heterocycles. The summed E-state index contributed by atoms with van der Waals surface area (Å²) < 4.78 is 58.9. The van der Waals surface area contributed by atoms with Crippen LogP contribution in [0.3, 0.4) is 0 Å². The summed E-state index contributed by atoms with van der Waals surface area (Å²) in [6, 6.07) is 11.0. The topological polar surface area (TPSA) is 57.2 Å². The summed E-state index contributed by atoms with van der Waals surface area (Å²) in [5.74, 6) is 1.44. The van der Waals surface area contributed by atoms with E-state index in [1.807, 2.05) is 0 Å². The molecule has 0 saturated carbocycles. The number of benzene rings is 1. The van der Waals surface area contributed by atoms with Gasteiger partial charge in [0.2, 0.25) is 0 Å². The highest BCUT2D eigenvalue weighted by Crippen LogP contribution is 2.33. The number of halogens is 3. The summed E-state index contributed by atoms with van der Waals surface area (Å²) in [6.45, 7) is 0. The first-order valence-corrected chi connectivity index (χ1v) is 9.58. The second-order valence-electron chi connectivity index (χ2n) is 4.69. The molecule has 1 aliphatic rings. The number of hydrogen-bond acceptors (Lipinski definition) is 3. The van der Waals surface area contributed by atoms with Crippen molar-refractivity contribution < 1.29 is 26.1 Å². The van der Waals surface area contributed by atoms with Crippen LogP contribution in [0, 0.1) is 0 Å². The van der Waals surface area contributed by atoms with E-state index in [2.05, 4.69) is 36.6 Å². The third-order valence-electron chi connectivity index (χ3n) is 3.12. The highest BCUT2D eigenvalue weighted by molar-refractivity contribution is 7.96. The summed E-state index contributed by atoms with van der Waals surface area (Å²) >= 11 is 0. The first kappa shape index (κ1) is 18.3. The smallest absolute Gasteiger partial charge is 0.485 e. The molecule has 0 aromatic heterocycles. The quantitative estimate of drug-likeness (QED) is 0.447. The lowest BCUT2D eigenvalue weighted by Gasteiger charge is -2.21. The summed E-state index contributed by atoms with van der Waals surface area (Å²) in [5, 5.41) is 0.856. The summed E-state index contributed by atoms with van der Waals surface area (Å²) in [7, 11) is -5.47. The van der Waals surface area contributed by atoms with Gasteiger partial charge in [-0.15, -0.1) is 0 Å². The summed E-state index contributed by atoms with van der Waals surface area (Å²) in [5.41, 5.74) is -4.08. The van der Waals surface area contributed by atoms with Crippen LogP contribution in [-0.4, -0.2) is 30.5 Å². The molecule has 0 amide bonds. The number of rotatable bonds is 1. The number of hydrogen-bond donors (Lipinski definition) is 0. The van der Waals surface area contributed by atoms with Crippen molar-refractivity contribution in [1.82, 2.24) is 0 Å². The van der Waals surface area contributed by atoms with Gasteiger partial charge in [-0.2, -0.15) is 13.2 Å². The van der Waals surface area contributed by atoms with Gasteiger partial charge in [-0.3, -0.25) is 0 Å². The predicted molar refractivity (Wildman–Crippen MR) is 76.9 cm³/mol. The van der Waals surface area contributed by atoms with E-state index in [-0.39, 0.29) is 0 Å². The highest BCUT2D eigenvalue weighted by Gasteiger charge is 2.36. The third-order valence-corrected chi connectivity index (χ3v) is 6.10. The van der Waals surface area contributed by atoms with Crippen LogP contribution in [0.1, 0.15) is 30.1 Å². The lowest BCUT2D eigenvalue weighted by atomic mass is 10.1. The van der Waals surface area contributed by atoms with Gasteiger partial charge in [-0.25, -0.2) is 8.42 Å². The largest absolute Gasteiger partial charge is 0.741 e. The molecule has 0 radical (unpaired) electrons. The van der Waals surface area contributed by atoms with E-state index in [4.69, 9.17) is 13.0 Å². The lowest BCUT2D eigenvalue weighted by molar-refractivity contribution is -0.0517. The van der Waals surface area contributed by atoms with Crippen molar-refractivity contribution in [3.8, 4) is 0 Å². The summed E-state index contributed by atoms with van der Waals surface area (Å²) in [4.78, 5) is 0. The Bertz CT molecular complexity index is 529. The Morgan fingerprint density at radius 3 is 2.14 bits per heavy atom. The fourth-order valence-electron chi connectivity index (χ4n) is 2.07. The maximum absolute atomic E-state index is 10.7. The number of alkyl halides is 3. The van der Waals surface area contributed by atoms with Crippen molar-refractivity contribution in [1.29, 1.82) is 0 Å². The van der Waals surface area contributed by atoms with Crippen LogP contribution in [0.2, 0.25) is 0 Å². The van der Waals surface area contributed by atoms with E-state index in [1.165, 1.54) is 25.0 Å². The van der Waals surface area contributed by atoms with E-state index < -0.39 is 15.6 Å². The van der Waals surface area contributed by atoms with Crippen molar-refractivity contribution in [2.75, 3.05) is 12.0 Å². The molecule has 1 aromatic carbocycles. The van der Waals surface area contributed by atoms with Crippen molar-refractivity contribution in [2.45, 2.75) is 30.0 Å². The minimum Gasteiger partial charge on any atom is -0.741 e. The molecule has 0 aliphatic carbocycles. The molecular weight excluding hydrogens is 325 g/mol. The Morgan fingerprint density at radius 2 is 1.71 bits per heavy atom.